The lowest BCUT2D eigenvalue weighted by Crippen LogP contribution is -2.63. The van der Waals surface area contributed by atoms with Crippen LogP contribution in [0, 0.1) is 5.92 Å². The second-order valence-corrected chi connectivity index (χ2v) is 6.18. The summed E-state index contributed by atoms with van der Waals surface area (Å²) in [7, 11) is 4.50. The normalized spacial score (nSPS) is 36.2. The van der Waals surface area contributed by atoms with Gasteiger partial charge in [0, 0.05) is 24.7 Å². The van der Waals surface area contributed by atoms with E-state index in [4.69, 9.17) is 10.5 Å². The van der Waals surface area contributed by atoms with E-state index in [-0.39, 0.29) is 5.54 Å². The van der Waals surface area contributed by atoms with Crippen LogP contribution in [0.4, 0.5) is 0 Å². The van der Waals surface area contributed by atoms with Crippen molar-refractivity contribution < 1.29 is 4.74 Å². The average molecular weight is 255 g/mol. The summed E-state index contributed by atoms with van der Waals surface area (Å²) in [5.41, 5.74) is 6.31. The number of rotatable bonds is 3. The Kier molecular flexibility index (Phi) is 4.64. The number of hydrogen-bond donors (Lipinski definition) is 1. The predicted molar refractivity (Wildman–Crippen MR) is 74.7 cm³/mol. The van der Waals surface area contributed by atoms with Crippen molar-refractivity contribution in [2.75, 3.05) is 46.9 Å². The minimum Gasteiger partial charge on any atom is -0.381 e. The maximum absolute atomic E-state index is 6.16. The Balaban J connectivity index is 2.06. The van der Waals surface area contributed by atoms with Crippen LogP contribution in [0.3, 0.4) is 0 Å². The molecule has 2 atom stereocenters. The van der Waals surface area contributed by atoms with Gasteiger partial charge in [0.15, 0.2) is 0 Å². The largest absolute Gasteiger partial charge is 0.381 e. The molecule has 2 saturated heterocycles. The molecule has 0 aromatic carbocycles. The number of nitrogens with zero attached hydrogens (tertiary/aromatic N) is 2. The van der Waals surface area contributed by atoms with Crippen molar-refractivity contribution >= 4 is 0 Å². The molecule has 2 aliphatic heterocycles. The molecular formula is C14H29N3O. The van der Waals surface area contributed by atoms with Gasteiger partial charge < -0.3 is 15.4 Å². The number of likely N-dealkylation sites (tertiary alicyclic amines) is 1. The Morgan fingerprint density at radius 3 is 2.61 bits per heavy atom. The molecule has 0 aromatic heterocycles. The highest BCUT2D eigenvalue weighted by Gasteiger charge is 2.43. The van der Waals surface area contributed by atoms with Gasteiger partial charge in [-0.2, -0.15) is 0 Å². The van der Waals surface area contributed by atoms with Crippen LogP contribution in [0.2, 0.25) is 0 Å². The van der Waals surface area contributed by atoms with Gasteiger partial charge in [-0.1, -0.05) is 6.92 Å². The first-order valence-electron chi connectivity index (χ1n) is 7.29. The van der Waals surface area contributed by atoms with Gasteiger partial charge >= 0.3 is 0 Å². The monoisotopic (exact) mass is 255 g/mol. The predicted octanol–water partition coefficient (Wildman–Crippen LogP) is 0.766. The maximum atomic E-state index is 6.16. The third-order valence-corrected chi connectivity index (χ3v) is 5.26. The smallest absolute Gasteiger partial charge is 0.0509 e. The van der Waals surface area contributed by atoms with Crippen LogP contribution in [0.5, 0.6) is 0 Å². The second-order valence-electron chi connectivity index (χ2n) is 6.18. The number of likely N-dealkylation sites (N-methyl/N-ethyl adjacent to an activating group) is 1. The SMILES string of the molecule is CC1COCCC1(CN)N(C)C1CCN(C)CC1. The zero-order valence-corrected chi connectivity index (χ0v) is 12.2. The Hall–Kier alpha value is -0.160. The number of ether oxygens (including phenoxy) is 1. The third-order valence-electron chi connectivity index (χ3n) is 5.26. The van der Waals surface area contributed by atoms with Crippen molar-refractivity contribution in [1.82, 2.24) is 9.80 Å². The first-order chi connectivity index (χ1) is 8.60. The molecule has 2 N–H and O–H groups in total. The van der Waals surface area contributed by atoms with Gasteiger partial charge in [-0.3, -0.25) is 4.90 Å². The summed E-state index contributed by atoms with van der Waals surface area (Å²) in [6, 6.07) is 0.685. The molecule has 0 amide bonds. The molecule has 2 heterocycles. The van der Waals surface area contributed by atoms with Crippen LogP contribution in [-0.2, 0) is 4.74 Å². The van der Waals surface area contributed by atoms with Crippen LogP contribution in [-0.4, -0.2) is 68.3 Å². The molecule has 0 spiro atoms. The summed E-state index contributed by atoms with van der Waals surface area (Å²) in [6.45, 7) is 7.17. The van der Waals surface area contributed by atoms with Crippen molar-refractivity contribution in [3.8, 4) is 0 Å². The van der Waals surface area contributed by atoms with Crippen LogP contribution < -0.4 is 5.73 Å². The molecule has 2 unspecified atom stereocenters. The molecule has 0 saturated carbocycles. The van der Waals surface area contributed by atoms with Crippen molar-refractivity contribution in [2.45, 2.75) is 37.8 Å². The zero-order valence-electron chi connectivity index (χ0n) is 12.2. The Morgan fingerprint density at radius 2 is 2.06 bits per heavy atom. The van der Waals surface area contributed by atoms with Gasteiger partial charge in [0.2, 0.25) is 0 Å². The summed E-state index contributed by atoms with van der Waals surface area (Å²) < 4.78 is 5.60. The minimum atomic E-state index is 0.152. The molecule has 2 fully saturated rings. The molecular weight excluding hydrogens is 226 g/mol. The van der Waals surface area contributed by atoms with Crippen LogP contribution in [0.25, 0.3) is 0 Å². The summed E-state index contributed by atoms with van der Waals surface area (Å²) >= 11 is 0. The summed E-state index contributed by atoms with van der Waals surface area (Å²) in [6.07, 6.45) is 3.61. The fourth-order valence-corrected chi connectivity index (χ4v) is 3.63. The number of piperidine rings is 1. The van der Waals surface area contributed by atoms with Gasteiger partial charge in [-0.25, -0.2) is 0 Å². The standard InChI is InChI=1S/C14H29N3O/c1-12-10-18-9-6-14(12,11-15)17(3)13-4-7-16(2)8-5-13/h12-13H,4-11,15H2,1-3H3. The van der Waals surface area contributed by atoms with Crippen molar-refractivity contribution in [3.05, 3.63) is 0 Å². The first kappa shape index (κ1) is 14.3. The fourth-order valence-electron chi connectivity index (χ4n) is 3.63. The quantitative estimate of drug-likeness (QED) is 0.809. The minimum absolute atomic E-state index is 0.152. The molecule has 106 valence electrons. The van der Waals surface area contributed by atoms with Crippen LogP contribution in [0.1, 0.15) is 26.2 Å². The highest BCUT2D eigenvalue weighted by molar-refractivity contribution is 4.99. The maximum Gasteiger partial charge on any atom is 0.0509 e. The zero-order chi connectivity index (χ0) is 13.2. The topological polar surface area (TPSA) is 41.7 Å². The second kappa shape index (κ2) is 5.87. The Morgan fingerprint density at radius 1 is 1.39 bits per heavy atom. The highest BCUT2D eigenvalue weighted by atomic mass is 16.5. The summed E-state index contributed by atoms with van der Waals surface area (Å²) in [5.74, 6) is 0.529. The Bertz CT molecular complexity index is 266. The molecule has 4 heteroatoms. The van der Waals surface area contributed by atoms with Gasteiger partial charge in [0.1, 0.15) is 0 Å². The van der Waals surface area contributed by atoms with Crippen molar-refractivity contribution in [2.24, 2.45) is 11.7 Å². The molecule has 2 aliphatic rings. The fraction of sp³-hybridized carbons (Fsp3) is 1.00. The van der Waals surface area contributed by atoms with Crippen molar-refractivity contribution in [3.63, 3.8) is 0 Å². The number of hydrogen-bond acceptors (Lipinski definition) is 4. The van der Waals surface area contributed by atoms with Crippen molar-refractivity contribution in [1.29, 1.82) is 0 Å². The highest BCUT2D eigenvalue weighted by Crippen LogP contribution is 2.34. The lowest BCUT2D eigenvalue weighted by molar-refractivity contribution is -0.0781. The van der Waals surface area contributed by atoms with Crippen LogP contribution in [0.15, 0.2) is 0 Å². The average Bonchev–Trinajstić information content (AvgIpc) is 2.40. The summed E-state index contributed by atoms with van der Waals surface area (Å²) in [4.78, 5) is 5.01. The van der Waals surface area contributed by atoms with E-state index in [0.717, 1.165) is 26.2 Å². The first-order valence-corrected chi connectivity index (χ1v) is 7.29. The molecule has 0 aliphatic carbocycles. The van der Waals surface area contributed by atoms with E-state index in [1.165, 1.54) is 25.9 Å². The molecule has 0 radical (unpaired) electrons. The molecule has 0 aromatic rings. The van der Waals surface area contributed by atoms with E-state index in [9.17, 15) is 0 Å². The molecule has 2 rings (SSSR count). The molecule has 18 heavy (non-hydrogen) atoms. The molecule has 0 bridgehead atoms. The Labute approximate surface area is 111 Å². The molecule has 4 nitrogen and oxygen atoms in total. The van der Waals surface area contributed by atoms with Gasteiger partial charge in [0.25, 0.3) is 0 Å². The van der Waals surface area contributed by atoms with E-state index in [2.05, 4.69) is 30.8 Å². The van der Waals surface area contributed by atoms with E-state index < -0.39 is 0 Å². The van der Waals surface area contributed by atoms with Crippen LogP contribution >= 0.6 is 0 Å². The van der Waals surface area contributed by atoms with E-state index in [1.54, 1.807) is 0 Å². The van der Waals surface area contributed by atoms with E-state index in [1.807, 2.05) is 0 Å². The lowest BCUT2D eigenvalue weighted by Gasteiger charge is -2.52. The van der Waals surface area contributed by atoms with Gasteiger partial charge in [-0.05, 0) is 52.4 Å². The van der Waals surface area contributed by atoms with Gasteiger partial charge in [0.05, 0.1) is 6.61 Å². The number of nitrogens with two attached hydrogens (primary N) is 1. The lowest BCUT2D eigenvalue weighted by atomic mass is 9.78. The van der Waals surface area contributed by atoms with E-state index in [0.29, 0.717) is 12.0 Å². The summed E-state index contributed by atoms with van der Waals surface area (Å²) in [5, 5.41) is 0. The third kappa shape index (κ3) is 2.57. The van der Waals surface area contributed by atoms with Gasteiger partial charge in [-0.15, -0.1) is 0 Å². The van der Waals surface area contributed by atoms with E-state index >= 15 is 0 Å².